The van der Waals surface area contributed by atoms with Crippen LogP contribution in [-0.4, -0.2) is 15.6 Å². The molecule has 3 rings (SSSR count). The van der Waals surface area contributed by atoms with Crippen molar-refractivity contribution in [3.8, 4) is 0 Å². The maximum Gasteiger partial charge on any atom is 0.195 e. The highest BCUT2D eigenvalue weighted by Crippen LogP contribution is 2.25. The smallest absolute Gasteiger partial charge is 0.195 e. The molecule has 8 heteroatoms. The molecule has 108 valence electrons. The Hall–Kier alpha value is -1.27. The van der Waals surface area contributed by atoms with E-state index in [2.05, 4.69) is 10.1 Å². The van der Waals surface area contributed by atoms with E-state index in [-0.39, 0.29) is 6.61 Å². The molecule has 0 aliphatic carbocycles. The van der Waals surface area contributed by atoms with Gasteiger partial charge in [0.2, 0.25) is 0 Å². The zero-order valence-corrected chi connectivity index (χ0v) is 13.5. The normalized spacial score (nSPS) is 11.6. The van der Waals surface area contributed by atoms with Crippen molar-refractivity contribution in [1.29, 1.82) is 0 Å². The average Bonchev–Trinajstić information content (AvgIpc) is 2.99. The lowest BCUT2D eigenvalue weighted by Gasteiger charge is -2.04. The molecule has 1 aromatic carbocycles. The van der Waals surface area contributed by atoms with Crippen molar-refractivity contribution < 1.29 is 4.84 Å². The molecule has 0 spiro atoms. The van der Waals surface area contributed by atoms with Gasteiger partial charge in [-0.05, 0) is 12.1 Å². The number of aromatic nitrogens is 2. The molecule has 0 atom stereocenters. The number of oxime groups is 1. The Labute approximate surface area is 139 Å². The van der Waals surface area contributed by atoms with Crippen LogP contribution in [0.15, 0.2) is 34.9 Å². The minimum absolute atomic E-state index is 0.179. The average molecular weight is 361 g/mol. The van der Waals surface area contributed by atoms with E-state index >= 15 is 0 Å². The standard InChI is InChI=1S/C13H8Cl3N3OS/c14-9-2-1-3-10(15)8(9)7-20-17-6-11-12(16)18-13-19(11)4-5-21-13/h1-6H,7H2. The van der Waals surface area contributed by atoms with Crippen LogP contribution in [0.1, 0.15) is 11.3 Å². The van der Waals surface area contributed by atoms with Gasteiger partial charge >= 0.3 is 0 Å². The Morgan fingerprint density at radius 2 is 2.05 bits per heavy atom. The van der Waals surface area contributed by atoms with Gasteiger partial charge in [-0.25, -0.2) is 4.98 Å². The molecule has 0 aliphatic heterocycles. The molecular formula is C13H8Cl3N3OS. The largest absolute Gasteiger partial charge is 0.391 e. The zero-order chi connectivity index (χ0) is 14.8. The van der Waals surface area contributed by atoms with E-state index in [1.165, 1.54) is 17.6 Å². The first-order valence-electron chi connectivity index (χ1n) is 5.86. The topological polar surface area (TPSA) is 38.9 Å². The van der Waals surface area contributed by atoms with Crippen LogP contribution in [0.25, 0.3) is 4.96 Å². The van der Waals surface area contributed by atoms with E-state index in [9.17, 15) is 0 Å². The maximum absolute atomic E-state index is 6.05. The number of halogens is 3. The van der Waals surface area contributed by atoms with Gasteiger partial charge in [0.1, 0.15) is 12.3 Å². The quantitative estimate of drug-likeness (QED) is 0.490. The lowest BCUT2D eigenvalue weighted by atomic mass is 10.2. The summed E-state index contributed by atoms with van der Waals surface area (Å²) in [6.07, 6.45) is 3.38. The minimum atomic E-state index is 0.179. The van der Waals surface area contributed by atoms with E-state index < -0.39 is 0 Å². The molecule has 0 N–H and O–H groups in total. The summed E-state index contributed by atoms with van der Waals surface area (Å²) in [5, 5.41) is 7.28. The molecule has 0 saturated carbocycles. The lowest BCUT2D eigenvalue weighted by molar-refractivity contribution is 0.132. The molecule has 0 radical (unpaired) electrons. The van der Waals surface area contributed by atoms with E-state index in [1.54, 1.807) is 18.2 Å². The maximum atomic E-state index is 6.05. The molecule has 21 heavy (non-hydrogen) atoms. The Morgan fingerprint density at radius 1 is 1.29 bits per heavy atom. The second-order valence-electron chi connectivity index (χ2n) is 4.05. The van der Waals surface area contributed by atoms with Crippen LogP contribution in [0.3, 0.4) is 0 Å². The summed E-state index contributed by atoms with van der Waals surface area (Å²) in [7, 11) is 0. The molecule has 0 amide bonds. The number of nitrogens with zero attached hydrogens (tertiary/aromatic N) is 3. The molecule has 0 aliphatic rings. The van der Waals surface area contributed by atoms with Crippen LogP contribution in [0, 0.1) is 0 Å². The number of imidazole rings is 1. The first-order valence-corrected chi connectivity index (χ1v) is 7.87. The van der Waals surface area contributed by atoms with Crippen molar-refractivity contribution in [2.45, 2.75) is 6.61 Å². The van der Waals surface area contributed by atoms with Gasteiger partial charge in [-0.2, -0.15) is 0 Å². The molecule has 0 unspecified atom stereocenters. The van der Waals surface area contributed by atoms with Crippen LogP contribution in [-0.2, 0) is 11.4 Å². The van der Waals surface area contributed by atoms with Gasteiger partial charge in [0.05, 0.1) is 6.21 Å². The first-order chi connectivity index (χ1) is 10.2. The van der Waals surface area contributed by atoms with Crippen molar-refractivity contribution >= 4 is 57.3 Å². The summed E-state index contributed by atoms with van der Waals surface area (Å²) in [6, 6.07) is 5.27. The highest BCUT2D eigenvalue weighted by molar-refractivity contribution is 7.15. The Morgan fingerprint density at radius 3 is 2.81 bits per heavy atom. The number of hydrogen-bond acceptors (Lipinski definition) is 4. The summed E-state index contributed by atoms with van der Waals surface area (Å²) in [5.41, 5.74) is 1.36. The molecule has 2 aromatic heterocycles. The predicted molar refractivity (Wildman–Crippen MR) is 86.9 cm³/mol. The second kappa shape index (κ2) is 6.23. The highest BCUT2D eigenvalue weighted by atomic mass is 35.5. The molecule has 0 fully saturated rings. The van der Waals surface area contributed by atoms with Gasteiger partial charge in [-0.1, -0.05) is 46.0 Å². The molecule has 2 heterocycles. The van der Waals surface area contributed by atoms with Gasteiger partial charge in [-0.15, -0.1) is 11.3 Å². The van der Waals surface area contributed by atoms with Gasteiger partial charge in [0.15, 0.2) is 10.1 Å². The van der Waals surface area contributed by atoms with Crippen LogP contribution in [0.5, 0.6) is 0 Å². The van der Waals surface area contributed by atoms with Gasteiger partial charge in [-0.3, -0.25) is 4.40 Å². The summed E-state index contributed by atoms with van der Waals surface area (Å²) >= 11 is 19.6. The Balaban J connectivity index is 1.73. The van der Waals surface area contributed by atoms with E-state index in [1.807, 2.05) is 16.0 Å². The third-order valence-electron chi connectivity index (χ3n) is 2.77. The van der Waals surface area contributed by atoms with Crippen LogP contribution in [0.2, 0.25) is 15.2 Å². The molecule has 0 bridgehead atoms. The third-order valence-corrected chi connectivity index (χ3v) is 4.52. The lowest BCUT2D eigenvalue weighted by Crippen LogP contribution is -1.93. The van der Waals surface area contributed by atoms with E-state index in [0.29, 0.717) is 26.5 Å². The fourth-order valence-electron chi connectivity index (χ4n) is 1.75. The first kappa shape index (κ1) is 14.7. The summed E-state index contributed by atoms with van der Waals surface area (Å²) < 4.78 is 1.84. The Bertz CT molecular complexity index is 792. The molecule has 4 nitrogen and oxygen atoms in total. The number of rotatable bonds is 4. The predicted octanol–water partition coefficient (Wildman–Crippen LogP) is 4.91. The number of benzene rings is 1. The van der Waals surface area contributed by atoms with Crippen molar-refractivity contribution in [2.24, 2.45) is 5.16 Å². The van der Waals surface area contributed by atoms with Crippen molar-refractivity contribution in [2.75, 3.05) is 0 Å². The van der Waals surface area contributed by atoms with Crippen LogP contribution < -0.4 is 0 Å². The zero-order valence-electron chi connectivity index (χ0n) is 10.5. The van der Waals surface area contributed by atoms with Gasteiger partial charge in [0, 0.05) is 27.2 Å². The number of thiazole rings is 1. The highest BCUT2D eigenvalue weighted by Gasteiger charge is 2.09. The monoisotopic (exact) mass is 359 g/mol. The van der Waals surface area contributed by atoms with Gasteiger partial charge < -0.3 is 4.84 Å². The third kappa shape index (κ3) is 3.01. The molecule has 0 saturated heterocycles. The fraction of sp³-hybridized carbons (Fsp3) is 0.0769. The summed E-state index contributed by atoms with van der Waals surface area (Å²) in [4.78, 5) is 10.2. The van der Waals surface area contributed by atoms with Crippen molar-refractivity contribution in [1.82, 2.24) is 9.38 Å². The van der Waals surface area contributed by atoms with E-state index in [4.69, 9.17) is 39.6 Å². The second-order valence-corrected chi connectivity index (χ2v) is 6.10. The minimum Gasteiger partial charge on any atom is -0.391 e. The Kier molecular flexibility index (Phi) is 4.35. The van der Waals surface area contributed by atoms with E-state index in [0.717, 1.165) is 4.96 Å². The van der Waals surface area contributed by atoms with Crippen LogP contribution in [0.4, 0.5) is 0 Å². The molecular weight excluding hydrogens is 353 g/mol. The summed E-state index contributed by atoms with van der Waals surface area (Å²) in [5.74, 6) is 0. The van der Waals surface area contributed by atoms with Crippen LogP contribution >= 0.6 is 46.1 Å². The number of fused-ring (bicyclic) bond motifs is 1. The fourth-order valence-corrected chi connectivity index (χ4v) is 3.25. The van der Waals surface area contributed by atoms with Crippen molar-refractivity contribution in [3.05, 3.63) is 56.2 Å². The SMILES string of the molecule is Clc1cccc(Cl)c1CON=Cc1c(Cl)nc2sccn12. The molecule has 3 aromatic rings. The van der Waals surface area contributed by atoms with Gasteiger partial charge in [0.25, 0.3) is 0 Å². The summed E-state index contributed by atoms with van der Waals surface area (Å²) in [6.45, 7) is 0.179. The van der Waals surface area contributed by atoms with Crippen molar-refractivity contribution in [3.63, 3.8) is 0 Å². The number of hydrogen-bond donors (Lipinski definition) is 0.